The Kier molecular flexibility index (Phi) is 3.40. The van der Waals surface area contributed by atoms with Crippen LogP contribution < -0.4 is 10.6 Å². The second-order valence-corrected chi connectivity index (χ2v) is 5.76. The Balaban J connectivity index is 1.80. The minimum Gasteiger partial charge on any atom is -0.339 e. The van der Waals surface area contributed by atoms with Gasteiger partial charge in [0.1, 0.15) is 0 Å². The zero-order valence-corrected chi connectivity index (χ0v) is 11.7. The fraction of sp³-hybridized carbons (Fsp3) is 0.500. The first-order chi connectivity index (χ1) is 9.70. The number of hydrogen-bond acceptors (Lipinski definition) is 5. The molecule has 20 heavy (non-hydrogen) atoms. The highest BCUT2D eigenvalue weighted by molar-refractivity contribution is 5.55. The number of hydrogen-bond donors (Lipinski definition) is 2. The predicted molar refractivity (Wildman–Crippen MR) is 78.2 cm³/mol. The van der Waals surface area contributed by atoms with Crippen molar-refractivity contribution in [3.05, 3.63) is 24.5 Å². The summed E-state index contributed by atoms with van der Waals surface area (Å²) >= 11 is 0. The molecule has 106 valence electrons. The smallest absolute Gasteiger partial charge is 0.245 e. The van der Waals surface area contributed by atoms with Gasteiger partial charge in [-0.1, -0.05) is 6.92 Å². The van der Waals surface area contributed by atoms with Crippen LogP contribution in [0.1, 0.15) is 19.8 Å². The summed E-state index contributed by atoms with van der Waals surface area (Å²) in [6.07, 6.45) is 5.81. The number of nitrogens with two attached hydrogens (primary N) is 1. The number of pyridine rings is 1. The summed E-state index contributed by atoms with van der Waals surface area (Å²) in [5.41, 5.74) is 7.05. The van der Waals surface area contributed by atoms with Crippen LogP contribution in [0.4, 0.5) is 5.95 Å². The minimum atomic E-state index is 0.162. The van der Waals surface area contributed by atoms with Crippen LogP contribution in [0.5, 0.6) is 0 Å². The molecule has 1 aliphatic rings. The van der Waals surface area contributed by atoms with E-state index in [0.717, 1.165) is 36.8 Å². The van der Waals surface area contributed by atoms with Gasteiger partial charge in [0.05, 0.1) is 0 Å². The van der Waals surface area contributed by atoms with Crippen molar-refractivity contribution in [2.45, 2.75) is 19.8 Å². The van der Waals surface area contributed by atoms with Crippen molar-refractivity contribution >= 4 is 5.95 Å². The number of aromatic amines is 1. The van der Waals surface area contributed by atoms with E-state index in [9.17, 15) is 0 Å². The quantitative estimate of drug-likeness (QED) is 0.883. The Bertz CT molecular complexity index is 566. The SMILES string of the molecule is CC1(CN)CCCN(c2n[nH]c(-c3ccncc3)n2)C1. The molecule has 3 rings (SSSR count). The van der Waals surface area contributed by atoms with Crippen molar-refractivity contribution in [2.75, 3.05) is 24.5 Å². The molecule has 2 aromatic heterocycles. The molecule has 1 aliphatic heterocycles. The van der Waals surface area contributed by atoms with Gasteiger partial charge >= 0.3 is 0 Å². The van der Waals surface area contributed by atoms with Crippen LogP contribution in [0.3, 0.4) is 0 Å². The largest absolute Gasteiger partial charge is 0.339 e. The molecule has 0 amide bonds. The average Bonchev–Trinajstić information content (AvgIpc) is 2.98. The third-order valence-corrected chi connectivity index (χ3v) is 3.98. The number of nitrogens with zero attached hydrogens (tertiary/aromatic N) is 4. The fourth-order valence-electron chi connectivity index (χ4n) is 2.69. The van der Waals surface area contributed by atoms with E-state index in [1.165, 1.54) is 6.42 Å². The van der Waals surface area contributed by atoms with Gasteiger partial charge in [0.2, 0.25) is 5.95 Å². The van der Waals surface area contributed by atoms with Crippen molar-refractivity contribution in [2.24, 2.45) is 11.1 Å². The fourth-order valence-corrected chi connectivity index (χ4v) is 2.69. The highest BCUT2D eigenvalue weighted by atomic mass is 15.4. The highest BCUT2D eigenvalue weighted by Gasteiger charge is 2.31. The lowest BCUT2D eigenvalue weighted by atomic mass is 9.82. The van der Waals surface area contributed by atoms with Crippen LogP contribution in [-0.2, 0) is 0 Å². The summed E-state index contributed by atoms with van der Waals surface area (Å²) in [6.45, 7) is 4.83. The summed E-state index contributed by atoms with van der Waals surface area (Å²) in [5.74, 6) is 1.54. The Hall–Kier alpha value is -1.95. The zero-order chi connectivity index (χ0) is 14.0. The number of piperidine rings is 1. The number of aromatic nitrogens is 4. The van der Waals surface area contributed by atoms with E-state index in [1.54, 1.807) is 12.4 Å². The Morgan fingerprint density at radius 3 is 2.95 bits per heavy atom. The minimum absolute atomic E-state index is 0.162. The lowest BCUT2D eigenvalue weighted by molar-refractivity contribution is 0.270. The summed E-state index contributed by atoms with van der Waals surface area (Å²) in [7, 11) is 0. The molecule has 0 spiro atoms. The normalized spacial score (nSPS) is 23.0. The summed E-state index contributed by atoms with van der Waals surface area (Å²) in [5, 5.41) is 7.35. The van der Waals surface area contributed by atoms with Crippen LogP contribution in [0.2, 0.25) is 0 Å². The van der Waals surface area contributed by atoms with Crippen LogP contribution >= 0.6 is 0 Å². The van der Waals surface area contributed by atoms with Crippen molar-refractivity contribution in [1.82, 2.24) is 20.2 Å². The van der Waals surface area contributed by atoms with E-state index in [4.69, 9.17) is 5.73 Å². The van der Waals surface area contributed by atoms with Gasteiger partial charge in [0.25, 0.3) is 0 Å². The Labute approximate surface area is 118 Å². The zero-order valence-electron chi connectivity index (χ0n) is 11.7. The molecule has 6 nitrogen and oxygen atoms in total. The van der Waals surface area contributed by atoms with Crippen LogP contribution in [0, 0.1) is 5.41 Å². The van der Waals surface area contributed by atoms with Crippen molar-refractivity contribution < 1.29 is 0 Å². The molecule has 6 heteroatoms. The number of nitrogens with one attached hydrogen (secondary N) is 1. The van der Waals surface area contributed by atoms with Gasteiger partial charge in [0.15, 0.2) is 5.82 Å². The molecule has 0 bridgehead atoms. The molecular formula is C14H20N6. The maximum atomic E-state index is 5.89. The van der Waals surface area contributed by atoms with Crippen molar-refractivity contribution in [3.8, 4) is 11.4 Å². The van der Waals surface area contributed by atoms with Gasteiger partial charge in [0, 0.05) is 31.0 Å². The predicted octanol–water partition coefficient (Wildman–Crippen LogP) is 1.43. The van der Waals surface area contributed by atoms with Crippen molar-refractivity contribution in [1.29, 1.82) is 0 Å². The third-order valence-electron chi connectivity index (χ3n) is 3.98. The van der Waals surface area contributed by atoms with Crippen molar-refractivity contribution in [3.63, 3.8) is 0 Å². The maximum Gasteiger partial charge on any atom is 0.245 e. The number of H-pyrrole nitrogens is 1. The van der Waals surface area contributed by atoms with Gasteiger partial charge in [-0.25, -0.2) is 0 Å². The van der Waals surface area contributed by atoms with Gasteiger partial charge in [-0.15, -0.1) is 5.10 Å². The lowest BCUT2D eigenvalue weighted by Crippen LogP contribution is -2.46. The van der Waals surface area contributed by atoms with E-state index in [-0.39, 0.29) is 5.41 Å². The number of anilines is 1. The molecular weight excluding hydrogens is 252 g/mol. The number of rotatable bonds is 3. The molecule has 3 heterocycles. The Morgan fingerprint density at radius 1 is 1.40 bits per heavy atom. The van der Waals surface area contributed by atoms with Crippen LogP contribution in [0.25, 0.3) is 11.4 Å². The average molecular weight is 272 g/mol. The van der Waals surface area contributed by atoms with E-state index in [2.05, 4.69) is 32.0 Å². The topological polar surface area (TPSA) is 83.7 Å². The van der Waals surface area contributed by atoms with Gasteiger partial charge in [-0.3, -0.25) is 10.1 Å². The molecule has 1 unspecified atom stereocenters. The second kappa shape index (κ2) is 5.20. The van der Waals surface area contributed by atoms with Gasteiger partial charge in [-0.2, -0.15) is 4.98 Å². The molecule has 3 N–H and O–H groups in total. The first kappa shape index (κ1) is 13.1. The van der Waals surface area contributed by atoms with Gasteiger partial charge in [-0.05, 0) is 36.9 Å². The Morgan fingerprint density at radius 2 is 2.20 bits per heavy atom. The van der Waals surface area contributed by atoms with Crippen LogP contribution in [-0.4, -0.2) is 39.8 Å². The maximum absolute atomic E-state index is 5.89. The molecule has 2 aromatic rings. The van der Waals surface area contributed by atoms with Gasteiger partial charge < -0.3 is 10.6 Å². The molecule has 0 aliphatic carbocycles. The van der Waals surface area contributed by atoms with E-state index < -0.39 is 0 Å². The van der Waals surface area contributed by atoms with E-state index in [1.807, 2.05) is 12.1 Å². The summed E-state index contributed by atoms with van der Waals surface area (Å²) in [4.78, 5) is 10.8. The molecule has 1 atom stereocenters. The van der Waals surface area contributed by atoms with Crippen LogP contribution in [0.15, 0.2) is 24.5 Å². The third kappa shape index (κ3) is 2.51. The van der Waals surface area contributed by atoms with E-state index >= 15 is 0 Å². The van der Waals surface area contributed by atoms with E-state index in [0.29, 0.717) is 6.54 Å². The molecule has 1 saturated heterocycles. The molecule has 0 radical (unpaired) electrons. The lowest BCUT2D eigenvalue weighted by Gasteiger charge is -2.39. The first-order valence-corrected chi connectivity index (χ1v) is 6.98. The molecule has 1 fully saturated rings. The first-order valence-electron chi connectivity index (χ1n) is 6.98. The molecule has 0 aromatic carbocycles. The summed E-state index contributed by atoms with van der Waals surface area (Å²) < 4.78 is 0. The standard InChI is InChI=1S/C14H20N6/c1-14(9-15)5-2-8-20(10-14)13-17-12(18-19-13)11-3-6-16-7-4-11/h3-4,6-7H,2,5,8-10,15H2,1H3,(H,17,18,19). The highest BCUT2D eigenvalue weighted by Crippen LogP contribution is 2.30. The second-order valence-electron chi connectivity index (χ2n) is 5.76. The monoisotopic (exact) mass is 272 g/mol. The summed E-state index contributed by atoms with van der Waals surface area (Å²) in [6, 6.07) is 3.84. The molecule has 0 saturated carbocycles.